The summed E-state index contributed by atoms with van der Waals surface area (Å²) in [6.45, 7) is 17.8. The molecular formula is C18H29N3O2. The van der Waals surface area contributed by atoms with Crippen LogP contribution in [-0.4, -0.2) is 69.0 Å². The maximum Gasteiger partial charge on any atom is 0.229 e. The van der Waals surface area contributed by atoms with E-state index in [0.717, 1.165) is 38.4 Å². The zero-order valence-corrected chi connectivity index (χ0v) is 14.7. The standard InChI is InChI=1S/C18H29N3O2/c1-7-16(21-10-8-19-9-11-21)18(23-13-12-20(5)6)17(22)15(4)14(2)3/h7,19H,1-2,4,8-13H2,3,5-6H3/b18-16-. The predicted molar refractivity (Wildman–Crippen MR) is 95.1 cm³/mol. The van der Waals surface area contributed by atoms with Gasteiger partial charge in [0.1, 0.15) is 6.61 Å². The van der Waals surface area contributed by atoms with Crippen molar-refractivity contribution in [2.75, 3.05) is 53.4 Å². The van der Waals surface area contributed by atoms with Crippen LogP contribution in [0.25, 0.3) is 0 Å². The molecule has 1 rings (SSSR count). The Morgan fingerprint density at radius 3 is 2.39 bits per heavy atom. The fourth-order valence-electron chi connectivity index (χ4n) is 2.19. The Balaban J connectivity index is 3.09. The van der Waals surface area contributed by atoms with Crippen molar-refractivity contribution in [1.82, 2.24) is 15.1 Å². The Bertz CT molecular complexity index is 500. The molecule has 0 aliphatic carbocycles. The highest BCUT2D eigenvalue weighted by Gasteiger charge is 2.23. The zero-order valence-electron chi connectivity index (χ0n) is 14.7. The van der Waals surface area contributed by atoms with E-state index in [0.29, 0.717) is 23.5 Å². The second-order valence-electron chi connectivity index (χ2n) is 5.90. The third-order valence-electron chi connectivity index (χ3n) is 3.66. The topological polar surface area (TPSA) is 44.8 Å². The lowest BCUT2D eigenvalue weighted by Gasteiger charge is -2.31. The van der Waals surface area contributed by atoms with Gasteiger partial charge in [0.25, 0.3) is 0 Å². The van der Waals surface area contributed by atoms with E-state index < -0.39 is 0 Å². The molecule has 0 saturated carbocycles. The summed E-state index contributed by atoms with van der Waals surface area (Å²) in [5, 5.41) is 3.30. The number of hydrogen-bond donors (Lipinski definition) is 1. The van der Waals surface area contributed by atoms with Gasteiger partial charge in [-0.2, -0.15) is 0 Å². The number of likely N-dealkylation sites (N-methyl/N-ethyl adjacent to an activating group) is 1. The number of nitrogens with zero attached hydrogens (tertiary/aromatic N) is 2. The lowest BCUT2D eigenvalue weighted by molar-refractivity contribution is -0.115. The molecule has 5 heteroatoms. The Hall–Kier alpha value is -1.85. The van der Waals surface area contributed by atoms with E-state index in [2.05, 4.69) is 30.0 Å². The van der Waals surface area contributed by atoms with Crippen LogP contribution in [0.15, 0.2) is 48.4 Å². The number of Topliss-reactive ketones (excluding diaryl/α,β-unsaturated/α-hetero) is 1. The van der Waals surface area contributed by atoms with Crippen LogP contribution in [0.3, 0.4) is 0 Å². The van der Waals surface area contributed by atoms with E-state index in [1.165, 1.54) is 0 Å². The fourth-order valence-corrected chi connectivity index (χ4v) is 2.19. The van der Waals surface area contributed by atoms with Crippen molar-refractivity contribution in [3.05, 3.63) is 48.4 Å². The molecule has 0 unspecified atom stereocenters. The minimum atomic E-state index is -0.218. The molecule has 1 aliphatic rings. The SMILES string of the molecule is C=C/C(=C(/OCCN(C)C)C(=O)C(=C)C(=C)C)N1CCNCC1. The molecule has 23 heavy (non-hydrogen) atoms. The van der Waals surface area contributed by atoms with Gasteiger partial charge in [-0.1, -0.05) is 19.7 Å². The summed E-state index contributed by atoms with van der Waals surface area (Å²) in [7, 11) is 3.93. The van der Waals surface area contributed by atoms with E-state index in [1.54, 1.807) is 13.0 Å². The molecule has 0 aromatic rings. The first-order chi connectivity index (χ1) is 10.9. The number of hydrogen-bond acceptors (Lipinski definition) is 5. The first kappa shape index (κ1) is 19.2. The van der Waals surface area contributed by atoms with Crippen LogP contribution >= 0.6 is 0 Å². The van der Waals surface area contributed by atoms with E-state index in [9.17, 15) is 4.79 Å². The number of rotatable bonds is 9. The largest absolute Gasteiger partial charge is 0.486 e. The molecule has 0 atom stereocenters. The van der Waals surface area contributed by atoms with Gasteiger partial charge in [0, 0.05) is 38.3 Å². The van der Waals surface area contributed by atoms with Crippen LogP contribution in [0.2, 0.25) is 0 Å². The third kappa shape index (κ3) is 5.69. The minimum absolute atomic E-state index is 0.218. The van der Waals surface area contributed by atoms with Gasteiger partial charge < -0.3 is 19.9 Å². The fraction of sp³-hybridized carbons (Fsp3) is 0.500. The number of carbonyl (C=O) groups excluding carboxylic acids is 1. The van der Waals surface area contributed by atoms with Crippen molar-refractivity contribution in [3.8, 4) is 0 Å². The maximum atomic E-state index is 12.8. The number of allylic oxidation sites excluding steroid dienone is 3. The van der Waals surface area contributed by atoms with Crippen LogP contribution in [0.5, 0.6) is 0 Å². The molecule has 0 aromatic heterocycles. The molecule has 128 valence electrons. The van der Waals surface area contributed by atoms with Crippen LogP contribution in [0, 0.1) is 0 Å². The summed E-state index contributed by atoms with van der Waals surface area (Å²) in [4.78, 5) is 16.9. The minimum Gasteiger partial charge on any atom is -0.486 e. The lowest BCUT2D eigenvalue weighted by atomic mass is 10.0. The Morgan fingerprint density at radius 1 is 1.30 bits per heavy atom. The molecule has 1 heterocycles. The first-order valence-corrected chi connectivity index (χ1v) is 7.87. The summed E-state index contributed by atoms with van der Waals surface area (Å²) in [6.07, 6.45) is 1.69. The highest BCUT2D eigenvalue weighted by atomic mass is 16.5. The number of carbonyl (C=O) groups is 1. The van der Waals surface area contributed by atoms with Gasteiger partial charge in [0.05, 0.1) is 5.70 Å². The quantitative estimate of drug-likeness (QED) is 0.397. The van der Waals surface area contributed by atoms with E-state index in [-0.39, 0.29) is 5.78 Å². The van der Waals surface area contributed by atoms with Crippen LogP contribution < -0.4 is 5.32 Å². The van der Waals surface area contributed by atoms with E-state index in [1.807, 2.05) is 19.0 Å². The molecule has 0 aromatic carbocycles. The van der Waals surface area contributed by atoms with Crippen molar-refractivity contribution in [2.24, 2.45) is 0 Å². The van der Waals surface area contributed by atoms with Gasteiger partial charge in [-0.15, -0.1) is 0 Å². The highest BCUT2D eigenvalue weighted by molar-refractivity contribution is 6.09. The van der Waals surface area contributed by atoms with Crippen molar-refractivity contribution in [1.29, 1.82) is 0 Å². The number of nitrogens with one attached hydrogen (secondary N) is 1. The summed E-state index contributed by atoms with van der Waals surface area (Å²) in [5.74, 6) is 0.0986. The average Bonchev–Trinajstić information content (AvgIpc) is 2.53. The molecule has 1 N–H and O–H groups in total. The van der Waals surface area contributed by atoms with Gasteiger partial charge in [-0.05, 0) is 32.7 Å². The number of ketones is 1. The molecule has 0 bridgehead atoms. The molecule has 1 saturated heterocycles. The van der Waals surface area contributed by atoms with Gasteiger partial charge in [-0.25, -0.2) is 0 Å². The number of piperazine rings is 1. The monoisotopic (exact) mass is 319 g/mol. The van der Waals surface area contributed by atoms with Crippen molar-refractivity contribution < 1.29 is 9.53 Å². The molecule has 1 aliphatic heterocycles. The van der Waals surface area contributed by atoms with Crippen molar-refractivity contribution in [2.45, 2.75) is 6.92 Å². The molecule has 0 amide bonds. The van der Waals surface area contributed by atoms with Crippen LogP contribution in [-0.2, 0) is 9.53 Å². The van der Waals surface area contributed by atoms with Crippen LogP contribution in [0.1, 0.15) is 6.92 Å². The Labute approximate surface area is 140 Å². The third-order valence-corrected chi connectivity index (χ3v) is 3.66. The molecule has 5 nitrogen and oxygen atoms in total. The Morgan fingerprint density at radius 2 is 1.91 bits per heavy atom. The maximum absolute atomic E-state index is 12.8. The summed E-state index contributed by atoms with van der Waals surface area (Å²) in [6, 6.07) is 0. The van der Waals surface area contributed by atoms with Gasteiger partial charge in [-0.3, -0.25) is 4.79 Å². The molecule has 1 fully saturated rings. The summed E-state index contributed by atoms with van der Waals surface area (Å²) in [5.41, 5.74) is 1.75. The van der Waals surface area contributed by atoms with E-state index in [4.69, 9.17) is 4.74 Å². The van der Waals surface area contributed by atoms with Crippen molar-refractivity contribution in [3.63, 3.8) is 0 Å². The highest BCUT2D eigenvalue weighted by Crippen LogP contribution is 2.20. The van der Waals surface area contributed by atoms with Gasteiger partial charge in [0.2, 0.25) is 5.78 Å². The average molecular weight is 319 g/mol. The predicted octanol–water partition coefficient (Wildman–Crippen LogP) is 1.57. The van der Waals surface area contributed by atoms with Crippen LogP contribution in [0.4, 0.5) is 0 Å². The smallest absolute Gasteiger partial charge is 0.229 e. The molecular weight excluding hydrogens is 290 g/mol. The van der Waals surface area contributed by atoms with Crippen molar-refractivity contribution >= 4 is 5.78 Å². The summed E-state index contributed by atoms with van der Waals surface area (Å²) < 4.78 is 5.85. The van der Waals surface area contributed by atoms with E-state index >= 15 is 0 Å². The molecule has 0 spiro atoms. The molecule has 0 radical (unpaired) electrons. The lowest BCUT2D eigenvalue weighted by Crippen LogP contribution is -2.43. The van der Waals surface area contributed by atoms with Gasteiger partial charge in [0.15, 0.2) is 5.76 Å². The Kier molecular flexibility index (Phi) is 7.78. The zero-order chi connectivity index (χ0) is 17.4. The summed E-state index contributed by atoms with van der Waals surface area (Å²) >= 11 is 0. The first-order valence-electron chi connectivity index (χ1n) is 7.87. The second-order valence-corrected chi connectivity index (χ2v) is 5.90. The normalized spacial score (nSPS) is 15.9. The number of ether oxygens (including phenoxy) is 1. The second kappa shape index (κ2) is 9.33. The van der Waals surface area contributed by atoms with Gasteiger partial charge >= 0.3 is 0 Å².